The van der Waals surface area contributed by atoms with Crippen LogP contribution in [0, 0.1) is 22.2 Å². The van der Waals surface area contributed by atoms with Crippen LogP contribution in [-0.4, -0.2) is 91.2 Å². The van der Waals surface area contributed by atoms with Crippen molar-refractivity contribution in [2.75, 3.05) is 19.8 Å². The second-order valence-corrected chi connectivity index (χ2v) is 19.7. The topological polar surface area (TPSA) is 178 Å². The number of hydrogen-bond donors (Lipinski definition) is 2. The van der Waals surface area contributed by atoms with Crippen molar-refractivity contribution in [3.63, 3.8) is 0 Å². The van der Waals surface area contributed by atoms with E-state index in [4.69, 9.17) is 14.2 Å². The number of carbonyl (C=O) groups excluding carboxylic acids is 5. The number of alkyl carbamates (subject to hydrolysis) is 1. The van der Waals surface area contributed by atoms with E-state index in [9.17, 15) is 32.4 Å². The molecule has 5 atom stereocenters. The van der Waals surface area contributed by atoms with Gasteiger partial charge >= 0.3 is 12.2 Å². The van der Waals surface area contributed by atoms with Crippen molar-refractivity contribution in [3.05, 3.63) is 29.3 Å². The summed E-state index contributed by atoms with van der Waals surface area (Å²) in [5.74, 6) is -1.17. The zero-order valence-electron chi connectivity index (χ0n) is 32.4. The molecule has 4 bridgehead atoms. The van der Waals surface area contributed by atoms with E-state index in [1.807, 2.05) is 39.0 Å². The quantitative estimate of drug-likeness (QED) is 0.391. The van der Waals surface area contributed by atoms with Gasteiger partial charge in [-0.2, -0.15) is 0 Å². The molecule has 2 saturated carbocycles. The number of rotatable bonds is 7. The molecule has 15 heteroatoms. The van der Waals surface area contributed by atoms with Crippen LogP contribution < -0.4 is 14.8 Å². The Balaban J connectivity index is 1.27. The molecule has 3 aliphatic heterocycles. The zero-order valence-corrected chi connectivity index (χ0v) is 33.2. The first-order valence-electron chi connectivity index (χ1n) is 19.4. The first-order chi connectivity index (χ1) is 25.3. The maximum Gasteiger partial charge on any atom is 0.410 e. The lowest BCUT2D eigenvalue weighted by atomic mass is 9.85. The lowest BCUT2D eigenvalue weighted by molar-refractivity contribution is -0.142. The summed E-state index contributed by atoms with van der Waals surface area (Å²) in [6.07, 6.45) is 1.74. The molecule has 14 nitrogen and oxygen atoms in total. The molecule has 1 aromatic rings. The number of Topliss-reactive ketones (excluding diaryl/α,β-unsaturated/α-hetero) is 1. The molecule has 2 aliphatic carbocycles. The summed E-state index contributed by atoms with van der Waals surface area (Å²) in [7, 11) is -3.85. The molecule has 3 heterocycles. The molecule has 298 valence electrons. The number of hydrogen-bond acceptors (Lipinski definition) is 10. The molecule has 0 aromatic heterocycles. The number of fused-ring (bicyclic) bond motifs is 3. The molecule has 4 amide bonds. The lowest BCUT2D eigenvalue weighted by Crippen LogP contribution is -2.57. The Hall–Kier alpha value is -3.88. The van der Waals surface area contributed by atoms with Crippen molar-refractivity contribution in [1.82, 2.24) is 19.8 Å². The first-order valence-corrected chi connectivity index (χ1v) is 20.9. The van der Waals surface area contributed by atoms with Crippen LogP contribution in [0.5, 0.6) is 5.75 Å². The number of nitrogens with zero attached hydrogens (tertiary/aromatic N) is 2. The summed E-state index contributed by atoms with van der Waals surface area (Å²) < 4.78 is 45.5. The lowest BCUT2D eigenvalue weighted by Gasteiger charge is -2.35. The fraction of sp³-hybridized carbons (Fsp3) is 0.718. The molecule has 1 aromatic carbocycles. The summed E-state index contributed by atoms with van der Waals surface area (Å²) in [4.78, 5) is 72.3. The maximum atomic E-state index is 14.6. The number of ketones is 1. The Labute approximate surface area is 318 Å². The van der Waals surface area contributed by atoms with Gasteiger partial charge in [-0.15, -0.1) is 0 Å². The molecular weight excluding hydrogens is 717 g/mol. The number of carbonyl (C=O) groups is 5. The van der Waals surface area contributed by atoms with Crippen molar-refractivity contribution < 1.29 is 46.6 Å². The average molecular weight is 773 g/mol. The van der Waals surface area contributed by atoms with Gasteiger partial charge in [-0.25, -0.2) is 18.0 Å². The predicted molar refractivity (Wildman–Crippen MR) is 197 cm³/mol. The third-order valence-electron chi connectivity index (χ3n) is 11.7. The SMILES string of the molecule is CC[C@H]1C[C@@]1(CC(=O)C1C[C@@H]2CN1C(=O)[C@H](C(C)(C)C)NC(=O)OCC(C)(C)CCCCOc1cccc3c1CN(C3)C(=O)O2)C(=O)NS(=O)(=O)C1CC1. The molecule has 3 fully saturated rings. The number of ether oxygens (including phenoxy) is 3. The van der Waals surface area contributed by atoms with E-state index >= 15 is 0 Å². The number of cyclic esters (lactones) is 1. The summed E-state index contributed by atoms with van der Waals surface area (Å²) in [5, 5.41) is 2.15. The molecule has 2 N–H and O–H groups in total. The van der Waals surface area contributed by atoms with Gasteiger partial charge in [-0.05, 0) is 66.9 Å². The van der Waals surface area contributed by atoms with Gasteiger partial charge in [0.2, 0.25) is 21.8 Å². The number of benzene rings is 1. The van der Waals surface area contributed by atoms with Gasteiger partial charge in [0, 0.05) is 24.9 Å². The number of sulfonamides is 1. The minimum absolute atomic E-state index is 0.0180. The van der Waals surface area contributed by atoms with E-state index in [2.05, 4.69) is 10.0 Å². The Morgan fingerprint density at radius 2 is 1.80 bits per heavy atom. The highest BCUT2D eigenvalue weighted by Gasteiger charge is 2.62. The Bertz CT molecular complexity index is 1770. The van der Waals surface area contributed by atoms with Crippen LogP contribution in [-0.2, 0) is 47.0 Å². The smallest absolute Gasteiger partial charge is 0.410 e. The van der Waals surface area contributed by atoms with Gasteiger partial charge in [-0.1, -0.05) is 60.1 Å². The highest BCUT2D eigenvalue weighted by atomic mass is 32.2. The van der Waals surface area contributed by atoms with Crippen LogP contribution in [0.2, 0.25) is 0 Å². The summed E-state index contributed by atoms with van der Waals surface area (Å²) in [6, 6.07) is 3.53. The fourth-order valence-corrected chi connectivity index (χ4v) is 9.50. The van der Waals surface area contributed by atoms with E-state index in [0.717, 1.165) is 30.4 Å². The standard InChI is InChI=1S/C39H56N4O10S/c1-7-25-18-39(25,34(46)41-54(49,50)27-13-14-27)19-30(44)29-17-26-21-43(29)33(45)32(37(2,3)4)40-35(47)52-23-38(5,6)15-8-9-16-51-31-12-10-11-24-20-42(22-28(24)31)36(48)53-26/h10-12,25-27,29,32H,7-9,13-23H2,1-6H3,(H,40,47)(H,41,46)/t25-,26+,29?,32+,39-/m0/s1. The van der Waals surface area contributed by atoms with Crippen LogP contribution in [0.15, 0.2) is 18.2 Å². The molecule has 6 rings (SSSR count). The van der Waals surface area contributed by atoms with Crippen molar-refractivity contribution in [2.45, 2.75) is 136 Å². The van der Waals surface area contributed by atoms with E-state index < -0.39 is 74.1 Å². The van der Waals surface area contributed by atoms with E-state index in [1.165, 1.54) is 4.90 Å². The first kappa shape index (κ1) is 39.8. The third-order valence-corrected chi connectivity index (χ3v) is 13.5. The second-order valence-electron chi connectivity index (χ2n) is 17.8. The van der Waals surface area contributed by atoms with Gasteiger partial charge in [0.05, 0.1) is 43.0 Å². The van der Waals surface area contributed by atoms with Crippen LogP contribution in [0.4, 0.5) is 9.59 Å². The molecule has 1 unspecified atom stereocenters. The fourth-order valence-electron chi connectivity index (χ4n) is 8.11. The van der Waals surface area contributed by atoms with E-state index in [0.29, 0.717) is 44.6 Å². The molecule has 0 radical (unpaired) electrons. The Morgan fingerprint density at radius 1 is 1.06 bits per heavy atom. The largest absolute Gasteiger partial charge is 0.493 e. The molecular formula is C39H56N4O10S. The van der Waals surface area contributed by atoms with Crippen LogP contribution in [0.1, 0.15) is 110 Å². The molecule has 54 heavy (non-hydrogen) atoms. The molecule has 0 spiro atoms. The number of amides is 4. The normalized spacial score (nSPS) is 29.3. The van der Waals surface area contributed by atoms with Gasteiger partial charge in [0.1, 0.15) is 17.9 Å². The maximum absolute atomic E-state index is 14.6. The molecule has 1 saturated heterocycles. The van der Waals surface area contributed by atoms with Crippen molar-refractivity contribution in [1.29, 1.82) is 0 Å². The summed E-state index contributed by atoms with van der Waals surface area (Å²) in [6.45, 7) is 12.4. The van der Waals surface area contributed by atoms with Gasteiger partial charge in [-0.3, -0.25) is 24.0 Å². The third kappa shape index (κ3) is 8.65. The van der Waals surface area contributed by atoms with Crippen LogP contribution >= 0.6 is 0 Å². The predicted octanol–water partition coefficient (Wildman–Crippen LogP) is 4.82. The number of nitrogens with one attached hydrogen (secondary N) is 2. The Kier molecular flexibility index (Phi) is 11.0. The average Bonchev–Trinajstić information content (AvgIpc) is 3.99. The van der Waals surface area contributed by atoms with Gasteiger partial charge in [0.25, 0.3) is 0 Å². The molecule has 5 aliphatic rings. The zero-order chi connectivity index (χ0) is 39.2. The second kappa shape index (κ2) is 15.0. The summed E-state index contributed by atoms with van der Waals surface area (Å²) in [5.41, 5.74) is -0.524. The van der Waals surface area contributed by atoms with Gasteiger partial charge in [0.15, 0.2) is 5.78 Å². The van der Waals surface area contributed by atoms with E-state index in [-0.39, 0.29) is 43.9 Å². The van der Waals surface area contributed by atoms with Crippen molar-refractivity contribution in [3.8, 4) is 5.75 Å². The van der Waals surface area contributed by atoms with E-state index in [1.54, 1.807) is 25.7 Å². The van der Waals surface area contributed by atoms with Crippen molar-refractivity contribution >= 4 is 39.8 Å². The summed E-state index contributed by atoms with van der Waals surface area (Å²) >= 11 is 0. The Morgan fingerprint density at radius 3 is 2.46 bits per heavy atom. The monoisotopic (exact) mass is 772 g/mol. The van der Waals surface area contributed by atoms with Crippen molar-refractivity contribution in [2.24, 2.45) is 22.2 Å². The highest BCUT2D eigenvalue weighted by Crippen LogP contribution is 2.58. The minimum Gasteiger partial charge on any atom is -0.493 e. The van der Waals surface area contributed by atoms with Crippen LogP contribution in [0.3, 0.4) is 0 Å². The highest BCUT2D eigenvalue weighted by molar-refractivity contribution is 7.90. The van der Waals surface area contributed by atoms with Crippen LogP contribution in [0.25, 0.3) is 0 Å². The minimum atomic E-state index is -3.85. The van der Waals surface area contributed by atoms with Gasteiger partial charge < -0.3 is 24.4 Å².